The van der Waals surface area contributed by atoms with Crippen LogP contribution in [0.15, 0.2) is 30.3 Å². The minimum Gasteiger partial charge on any atom is -0.494 e. The van der Waals surface area contributed by atoms with Crippen LogP contribution in [-0.4, -0.2) is 29.3 Å². The number of nitrogens with one attached hydrogen (secondary N) is 1. The van der Waals surface area contributed by atoms with Gasteiger partial charge in [-0.25, -0.2) is 13.8 Å². The lowest BCUT2D eigenvalue weighted by molar-refractivity contribution is 0.209. The molecule has 0 saturated carbocycles. The molecule has 0 fully saturated rings. The average Bonchev–Trinajstić information content (AvgIpc) is 2.65. The van der Waals surface area contributed by atoms with E-state index in [1.807, 2.05) is 13.8 Å². The quantitative estimate of drug-likeness (QED) is 0.605. The number of ether oxygens (including phenoxy) is 1. The Balaban J connectivity index is 2.22. The summed E-state index contributed by atoms with van der Waals surface area (Å²) >= 11 is 0. The largest absolute Gasteiger partial charge is 0.494 e. The predicted octanol–water partition coefficient (Wildman–Crippen LogP) is 4.31. The van der Waals surface area contributed by atoms with Gasteiger partial charge in [0.2, 0.25) is 0 Å². The number of hydrogen-bond donors (Lipinski definition) is 2. The van der Waals surface area contributed by atoms with Crippen LogP contribution in [0, 0.1) is 17.6 Å². The Morgan fingerprint density at radius 1 is 1.15 bits per heavy atom. The maximum Gasteiger partial charge on any atom is 0.146 e. The molecule has 0 aliphatic heterocycles. The third-order valence-corrected chi connectivity index (χ3v) is 4.43. The van der Waals surface area contributed by atoms with Crippen molar-refractivity contribution >= 4 is 0 Å². The highest BCUT2D eigenvalue weighted by molar-refractivity contribution is 5.62. The minimum absolute atomic E-state index is 0.0508. The number of pyridine rings is 1. The van der Waals surface area contributed by atoms with Crippen LogP contribution in [0.1, 0.15) is 39.3 Å². The molecule has 2 aromatic rings. The normalized spacial score (nSPS) is 12.4. The van der Waals surface area contributed by atoms with Gasteiger partial charge in [-0.1, -0.05) is 27.2 Å². The smallest absolute Gasteiger partial charge is 0.146 e. The van der Waals surface area contributed by atoms with E-state index in [4.69, 9.17) is 4.74 Å². The molecule has 0 saturated heterocycles. The van der Waals surface area contributed by atoms with Crippen molar-refractivity contribution in [3.63, 3.8) is 0 Å². The lowest BCUT2D eigenvalue weighted by atomic mass is 10.1. The van der Waals surface area contributed by atoms with Crippen molar-refractivity contribution in [3.05, 3.63) is 47.7 Å². The van der Waals surface area contributed by atoms with E-state index >= 15 is 0 Å². The van der Waals surface area contributed by atoms with E-state index in [1.165, 1.54) is 18.2 Å². The zero-order chi connectivity index (χ0) is 19.8. The van der Waals surface area contributed by atoms with Crippen molar-refractivity contribution < 1.29 is 18.6 Å². The van der Waals surface area contributed by atoms with Gasteiger partial charge in [0.1, 0.15) is 17.4 Å². The first kappa shape index (κ1) is 21.3. The van der Waals surface area contributed by atoms with E-state index in [0.29, 0.717) is 18.1 Å². The Morgan fingerprint density at radius 3 is 2.56 bits per heavy atom. The van der Waals surface area contributed by atoms with Crippen LogP contribution in [0.2, 0.25) is 0 Å². The van der Waals surface area contributed by atoms with Gasteiger partial charge in [-0.3, -0.25) is 0 Å². The van der Waals surface area contributed by atoms with Crippen molar-refractivity contribution in [3.8, 4) is 17.0 Å². The first-order valence-corrected chi connectivity index (χ1v) is 9.38. The Labute approximate surface area is 159 Å². The molecular formula is C21H28F2N2O2. The Kier molecular flexibility index (Phi) is 8.13. The number of halogens is 2. The maximum absolute atomic E-state index is 14.3. The third-order valence-electron chi connectivity index (χ3n) is 4.43. The summed E-state index contributed by atoms with van der Waals surface area (Å²) in [7, 11) is 0. The van der Waals surface area contributed by atoms with Gasteiger partial charge in [0, 0.05) is 18.2 Å². The summed E-state index contributed by atoms with van der Waals surface area (Å²) in [5, 5.41) is 12.5. The summed E-state index contributed by atoms with van der Waals surface area (Å²) in [6.45, 7) is 6.66. The highest BCUT2D eigenvalue weighted by Gasteiger charge is 2.15. The van der Waals surface area contributed by atoms with Crippen molar-refractivity contribution in [1.82, 2.24) is 10.3 Å². The van der Waals surface area contributed by atoms with Gasteiger partial charge in [0.05, 0.1) is 24.6 Å². The lowest BCUT2D eigenvalue weighted by Crippen LogP contribution is -2.37. The number of hydrogen-bond acceptors (Lipinski definition) is 4. The van der Waals surface area contributed by atoms with Crippen LogP contribution in [-0.2, 0) is 6.54 Å². The van der Waals surface area contributed by atoms with Gasteiger partial charge in [0.15, 0.2) is 0 Å². The zero-order valence-electron chi connectivity index (χ0n) is 16.1. The summed E-state index contributed by atoms with van der Waals surface area (Å²) in [5.74, 6) is -0.157. The molecule has 6 heteroatoms. The van der Waals surface area contributed by atoms with E-state index in [-0.39, 0.29) is 36.4 Å². The second kappa shape index (κ2) is 10.3. The number of benzene rings is 1. The van der Waals surface area contributed by atoms with Crippen LogP contribution in [0.5, 0.6) is 5.75 Å². The molecule has 1 heterocycles. The van der Waals surface area contributed by atoms with E-state index in [2.05, 4.69) is 17.2 Å². The first-order chi connectivity index (χ1) is 13.0. The van der Waals surface area contributed by atoms with Crippen molar-refractivity contribution in [2.24, 2.45) is 5.92 Å². The summed E-state index contributed by atoms with van der Waals surface area (Å²) in [6, 6.07) is 7.08. The number of rotatable bonds is 10. The van der Waals surface area contributed by atoms with Gasteiger partial charge in [-0.15, -0.1) is 0 Å². The molecule has 1 aromatic heterocycles. The number of nitrogens with zero attached hydrogens (tertiary/aromatic N) is 1. The molecule has 0 amide bonds. The monoisotopic (exact) mass is 378 g/mol. The summed E-state index contributed by atoms with van der Waals surface area (Å²) in [6.07, 6.45) is 1.92. The van der Waals surface area contributed by atoms with E-state index in [1.54, 1.807) is 12.1 Å². The number of aliphatic hydroxyl groups is 1. The van der Waals surface area contributed by atoms with Gasteiger partial charge in [0.25, 0.3) is 0 Å². The maximum atomic E-state index is 14.3. The Bertz CT molecular complexity index is 738. The SMILES string of the molecule is CCCCOc1ccc(F)c(-c2ccc(F)c(CN[C@@H](CO)C(C)C)n2)c1. The molecule has 148 valence electrons. The van der Waals surface area contributed by atoms with Crippen LogP contribution >= 0.6 is 0 Å². The molecule has 1 aromatic carbocycles. The Hall–Kier alpha value is -2.05. The first-order valence-electron chi connectivity index (χ1n) is 9.38. The molecule has 2 N–H and O–H groups in total. The number of unbranched alkanes of at least 4 members (excludes halogenated alkanes) is 1. The molecule has 2 rings (SSSR count). The van der Waals surface area contributed by atoms with E-state index < -0.39 is 11.6 Å². The highest BCUT2D eigenvalue weighted by Crippen LogP contribution is 2.27. The molecule has 0 spiro atoms. The lowest BCUT2D eigenvalue weighted by Gasteiger charge is -2.20. The topological polar surface area (TPSA) is 54.4 Å². The predicted molar refractivity (Wildman–Crippen MR) is 103 cm³/mol. The van der Waals surface area contributed by atoms with Gasteiger partial charge < -0.3 is 15.2 Å². The summed E-state index contributed by atoms with van der Waals surface area (Å²) in [4.78, 5) is 4.29. The average molecular weight is 378 g/mol. The van der Waals surface area contributed by atoms with Crippen molar-refractivity contribution in [2.75, 3.05) is 13.2 Å². The second-order valence-electron chi connectivity index (χ2n) is 6.88. The summed E-state index contributed by atoms with van der Waals surface area (Å²) in [5.41, 5.74) is 0.799. The van der Waals surface area contributed by atoms with E-state index in [9.17, 15) is 13.9 Å². The number of aromatic nitrogens is 1. The van der Waals surface area contributed by atoms with Crippen molar-refractivity contribution in [2.45, 2.75) is 46.2 Å². The third kappa shape index (κ3) is 5.97. The van der Waals surface area contributed by atoms with Crippen LogP contribution in [0.25, 0.3) is 11.3 Å². The van der Waals surface area contributed by atoms with Gasteiger partial charge in [-0.2, -0.15) is 0 Å². The Morgan fingerprint density at radius 2 is 1.89 bits per heavy atom. The molecular weight excluding hydrogens is 350 g/mol. The van der Waals surface area contributed by atoms with Crippen LogP contribution < -0.4 is 10.1 Å². The summed E-state index contributed by atoms with van der Waals surface area (Å²) < 4.78 is 34.1. The van der Waals surface area contributed by atoms with Gasteiger partial charge >= 0.3 is 0 Å². The molecule has 0 aliphatic rings. The molecule has 4 nitrogen and oxygen atoms in total. The molecule has 0 bridgehead atoms. The fourth-order valence-electron chi connectivity index (χ4n) is 2.62. The standard InChI is InChI=1S/C21H28F2N2O2/c1-4-5-10-27-15-6-7-17(22)16(11-15)19-9-8-18(23)20(25-19)12-24-21(13-26)14(2)3/h6-9,11,14,21,24,26H,4-5,10,12-13H2,1-3H3/t21-/m0/s1. The van der Waals surface area contributed by atoms with E-state index in [0.717, 1.165) is 12.8 Å². The van der Waals surface area contributed by atoms with Crippen LogP contribution in [0.4, 0.5) is 8.78 Å². The molecule has 0 aliphatic carbocycles. The van der Waals surface area contributed by atoms with Gasteiger partial charge in [-0.05, 0) is 42.7 Å². The van der Waals surface area contributed by atoms with Crippen molar-refractivity contribution in [1.29, 1.82) is 0 Å². The minimum atomic E-state index is -0.470. The van der Waals surface area contributed by atoms with Crippen LogP contribution in [0.3, 0.4) is 0 Å². The second-order valence-corrected chi connectivity index (χ2v) is 6.88. The molecule has 0 radical (unpaired) electrons. The molecule has 0 unspecified atom stereocenters. The zero-order valence-corrected chi connectivity index (χ0v) is 16.1. The number of aliphatic hydroxyl groups excluding tert-OH is 1. The fraction of sp³-hybridized carbons (Fsp3) is 0.476. The highest BCUT2D eigenvalue weighted by atomic mass is 19.1. The molecule has 1 atom stereocenters. The fourth-order valence-corrected chi connectivity index (χ4v) is 2.62. The molecule has 27 heavy (non-hydrogen) atoms.